The van der Waals surface area contributed by atoms with Crippen molar-refractivity contribution in [2.75, 3.05) is 7.11 Å². The summed E-state index contributed by atoms with van der Waals surface area (Å²) in [7, 11) is 1.38. The molecule has 0 bridgehead atoms. The summed E-state index contributed by atoms with van der Waals surface area (Å²) in [5.41, 5.74) is 0. The molecule has 13 heavy (non-hydrogen) atoms. The van der Waals surface area contributed by atoms with Gasteiger partial charge in [0, 0.05) is 6.42 Å². The average Bonchev–Trinajstić information content (AvgIpc) is 2.65. The van der Waals surface area contributed by atoms with Crippen LogP contribution in [0.1, 0.15) is 32.1 Å². The number of rotatable bonds is 4. The van der Waals surface area contributed by atoms with Crippen LogP contribution in [0.3, 0.4) is 0 Å². The van der Waals surface area contributed by atoms with E-state index in [0.717, 1.165) is 19.1 Å². The molecule has 0 radical (unpaired) electrons. The van der Waals surface area contributed by atoms with Gasteiger partial charge in [-0.25, -0.2) is 0 Å². The quantitative estimate of drug-likeness (QED) is 0.492. The van der Waals surface area contributed by atoms with E-state index in [9.17, 15) is 9.59 Å². The summed E-state index contributed by atoms with van der Waals surface area (Å²) in [6, 6.07) is 0. The molecule has 0 N–H and O–H groups in total. The number of carbonyl (C=O) groups is 2. The van der Waals surface area contributed by atoms with Gasteiger partial charge in [-0.3, -0.25) is 4.79 Å². The second-order valence-corrected chi connectivity index (χ2v) is 3.58. The standard InChI is InChI=1S/C10H16O3/c1-13-10(12)9(6-7-11)8-4-2-3-5-8/h7-9H,2-6H2,1H3. The Morgan fingerprint density at radius 3 is 2.62 bits per heavy atom. The zero-order valence-corrected chi connectivity index (χ0v) is 7.99. The van der Waals surface area contributed by atoms with E-state index in [4.69, 9.17) is 0 Å². The number of hydrogen-bond acceptors (Lipinski definition) is 3. The first kappa shape index (κ1) is 10.2. The van der Waals surface area contributed by atoms with Crippen LogP contribution in [-0.2, 0) is 14.3 Å². The van der Waals surface area contributed by atoms with Gasteiger partial charge in [0.05, 0.1) is 13.0 Å². The number of esters is 1. The number of carbonyl (C=O) groups excluding carboxylic acids is 2. The molecule has 0 aliphatic heterocycles. The molecule has 3 nitrogen and oxygen atoms in total. The molecule has 1 aliphatic carbocycles. The van der Waals surface area contributed by atoms with Gasteiger partial charge in [0.1, 0.15) is 6.29 Å². The van der Waals surface area contributed by atoms with Crippen molar-refractivity contribution in [3.05, 3.63) is 0 Å². The normalized spacial score (nSPS) is 19.8. The lowest BCUT2D eigenvalue weighted by molar-refractivity contribution is -0.148. The van der Waals surface area contributed by atoms with Crippen molar-refractivity contribution in [1.29, 1.82) is 0 Å². The number of hydrogen-bond donors (Lipinski definition) is 0. The van der Waals surface area contributed by atoms with Crippen LogP contribution >= 0.6 is 0 Å². The maximum atomic E-state index is 11.3. The van der Waals surface area contributed by atoms with Crippen molar-refractivity contribution in [3.63, 3.8) is 0 Å². The summed E-state index contributed by atoms with van der Waals surface area (Å²) in [6.07, 6.45) is 5.62. The second kappa shape index (κ2) is 5.00. The van der Waals surface area contributed by atoms with E-state index in [2.05, 4.69) is 4.74 Å². The topological polar surface area (TPSA) is 43.4 Å². The highest BCUT2D eigenvalue weighted by Crippen LogP contribution is 2.33. The van der Waals surface area contributed by atoms with Crippen LogP contribution in [0.15, 0.2) is 0 Å². The Bertz CT molecular complexity index is 183. The Morgan fingerprint density at radius 2 is 2.15 bits per heavy atom. The Balaban J connectivity index is 2.54. The first-order chi connectivity index (χ1) is 6.29. The maximum absolute atomic E-state index is 11.3. The minimum atomic E-state index is -0.223. The van der Waals surface area contributed by atoms with Gasteiger partial charge in [0.15, 0.2) is 0 Å². The van der Waals surface area contributed by atoms with E-state index in [1.54, 1.807) is 0 Å². The fourth-order valence-electron chi connectivity index (χ4n) is 2.10. The third-order valence-electron chi connectivity index (χ3n) is 2.82. The predicted molar refractivity (Wildman–Crippen MR) is 48.1 cm³/mol. The molecule has 0 spiro atoms. The lowest BCUT2D eigenvalue weighted by atomic mass is 9.89. The van der Waals surface area contributed by atoms with E-state index in [1.807, 2.05) is 0 Å². The Kier molecular flexibility index (Phi) is 3.93. The van der Waals surface area contributed by atoms with Crippen LogP contribution in [-0.4, -0.2) is 19.4 Å². The van der Waals surface area contributed by atoms with E-state index < -0.39 is 0 Å². The molecule has 1 saturated carbocycles. The molecule has 1 fully saturated rings. The van der Waals surface area contributed by atoms with Gasteiger partial charge in [-0.2, -0.15) is 0 Å². The van der Waals surface area contributed by atoms with E-state index in [0.29, 0.717) is 12.3 Å². The summed E-state index contributed by atoms with van der Waals surface area (Å²) in [5, 5.41) is 0. The van der Waals surface area contributed by atoms with Gasteiger partial charge in [0.2, 0.25) is 0 Å². The molecule has 0 aromatic heterocycles. The summed E-state index contributed by atoms with van der Waals surface area (Å²) >= 11 is 0. The molecular weight excluding hydrogens is 168 g/mol. The molecular formula is C10H16O3. The molecule has 1 aliphatic rings. The van der Waals surface area contributed by atoms with Crippen molar-refractivity contribution < 1.29 is 14.3 Å². The van der Waals surface area contributed by atoms with Crippen LogP contribution in [0.5, 0.6) is 0 Å². The fraction of sp³-hybridized carbons (Fsp3) is 0.800. The van der Waals surface area contributed by atoms with Gasteiger partial charge >= 0.3 is 5.97 Å². The Morgan fingerprint density at radius 1 is 1.54 bits per heavy atom. The SMILES string of the molecule is COC(=O)C(CC=O)C1CCCC1. The number of ether oxygens (including phenoxy) is 1. The Hall–Kier alpha value is -0.860. The van der Waals surface area contributed by atoms with Crippen LogP contribution in [0, 0.1) is 11.8 Å². The third-order valence-corrected chi connectivity index (χ3v) is 2.82. The minimum absolute atomic E-state index is 0.190. The third kappa shape index (κ3) is 2.54. The van der Waals surface area contributed by atoms with Crippen molar-refractivity contribution in [1.82, 2.24) is 0 Å². The van der Waals surface area contributed by atoms with Crippen LogP contribution < -0.4 is 0 Å². The number of aldehydes is 1. The second-order valence-electron chi connectivity index (χ2n) is 3.58. The summed E-state index contributed by atoms with van der Waals surface area (Å²) < 4.78 is 4.68. The van der Waals surface area contributed by atoms with Gasteiger partial charge in [0.25, 0.3) is 0 Å². The maximum Gasteiger partial charge on any atom is 0.309 e. The van der Waals surface area contributed by atoms with Crippen LogP contribution in [0.2, 0.25) is 0 Å². The van der Waals surface area contributed by atoms with Crippen molar-refractivity contribution in [3.8, 4) is 0 Å². The monoisotopic (exact) mass is 184 g/mol. The van der Waals surface area contributed by atoms with E-state index >= 15 is 0 Å². The molecule has 0 aromatic carbocycles. The van der Waals surface area contributed by atoms with Gasteiger partial charge in [-0.05, 0) is 18.8 Å². The van der Waals surface area contributed by atoms with Gasteiger partial charge in [-0.1, -0.05) is 12.8 Å². The molecule has 1 atom stereocenters. The highest BCUT2D eigenvalue weighted by atomic mass is 16.5. The minimum Gasteiger partial charge on any atom is -0.469 e. The summed E-state index contributed by atoms with van der Waals surface area (Å²) in [5.74, 6) is -0.0401. The van der Waals surface area contributed by atoms with E-state index in [1.165, 1.54) is 20.0 Å². The molecule has 74 valence electrons. The largest absolute Gasteiger partial charge is 0.469 e. The fourth-order valence-corrected chi connectivity index (χ4v) is 2.10. The Labute approximate surface area is 78.5 Å². The molecule has 1 rings (SSSR count). The van der Waals surface area contributed by atoms with E-state index in [-0.39, 0.29) is 11.9 Å². The average molecular weight is 184 g/mol. The van der Waals surface area contributed by atoms with Crippen LogP contribution in [0.25, 0.3) is 0 Å². The highest BCUT2D eigenvalue weighted by molar-refractivity contribution is 5.75. The predicted octanol–water partition coefficient (Wildman–Crippen LogP) is 1.55. The smallest absolute Gasteiger partial charge is 0.309 e. The zero-order valence-electron chi connectivity index (χ0n) is 7.99. The van der Waals surface area contributed by atoms with Crippen molar-refractivity contribution >= 4 is 12.3 Å². The summed E-state index contributed by atoms with van der Waals surface area (Å²) in [4.78, 5) is 21.7. The van der Waals surface area contributed by atoms with Gasteiger partial charge < -0.3 is 9.53 Å². The molecule has 3 heteroatoms. The molecule has 0 saturated heterocycles. The molecule has 0 aromatic rings. The molecule has 1 unspecified atom stereocenters. The first-order valence-corrected chi connectivity index (χ1v) is 4.81. The first-order valence-electron chi connectivity index (χ1n) is 4.81. The lowest BCUT2D eigenvalue weighted by Crippen LogP contribution is -2.23. The zero-order chi connectivity index (χ0) is 9.68. The van der Waals surface area contributed by atoms with Crippen molar-refractivity contribution in [2.45, 2.75) is 32.1 Å². The van der Waals surface area contributed by atoms with Gasteiger partial charge in [-0.15, -0.1) is 0 Å². The summed E-state index contributed by atoms with van der Waals surface area (Å²) in [6.45, 7) is 0. The highest BCUT2D eigenvalue weighted by Gasteiger charge is 2.30. The lowest BCUT2D eigenvalue weighted by Gasteiger charge is -2.18. The van der Waals surface area contributed by atoms with Crippen LogP contribution in [0.4, 0.5) is 0 Å². The molecule has 0 amide bonds. The number of methoxy groups -OCH3 is 1. The molecule has 0 heterocycles. The van der Waals surface area contributed by atoms with Crippen molar-refractivity contribution in [2.24, 2.45) is 11.8 Å².